The van der Waals surface area contributed by atoms with Gasteiger partial charge < -0.3 is 10.4 Å². The molecule has 0 amide bonds. The van der Waals surface area contributed by atoms with Crippen molar-refractivity contribution in [1.29, 1.82) is 0 Å². The number of aliphatic hydroxyl groups excluding tert-OH is 1. The quantitative estimate of drug-likeness (QED) is 0.809. The van der Waals surface area contributed by atoms with E-state index in [0.717, 1.165) is 6.54 Å². The Bertz CT molecular complexity index is 280. The summed E-state index contributed by atoms with van der Waals surface area (Å²) in [7, 11) is 0. The number of rotatable bonds is 5. The second-order valence-corrected chi connectivity index (χ2v) is 5.72. The van der Waals surface area contributed by atoms with Gasteiger partial charge in [0.15, 0.2) is 0 Å². The van der Waals surface area contributed by atoms with Crippen LogP contribution >= 0.6 is 11.3 Å². The minimum Gasteiger partial charge on any atom is -0.392 e. The van der Waals surface area contributed by atoms with Gasteiger partial charge in [0.05, 0.1) is 6.10 Å². The lowest BCUT2D eigenvalue weighted by molar-refractivity contribution is 0.149. The largest absolute Gasteiger partial charge is 0.392 e. The minimum atomic E-state index is -0.302. The lowest BCUT2D eigenvalue weighted by Gasteiger charge is -2.27. The first-order chi connectivity index (χ1) is 6.93. The number of aliphatic hydroxyl groups is 1. The molecule has 15 heavy (non-hydrogen) atoms. The SMILES string of the molecule is CC(O)C(C)NCC(C)(C)c1cccs1. The van der Waals surface area contributed by atoms with Crippen LogP contribution in [-0.4, -0.2) is 23.8 Å². The average molecular weight is 227 g/mol. The molecule has 0 bridgehead atoms. The van der Waals surface area contributed by atoms with Crippen molar-refractivity contribution < 1.29 is 5.11 Å². The average Bonchev–Trinajstić information content (AvgIpc) is 2.67. The van der Waals surface area contributed by atoms with Crippen molar-refractivity contribution in [2.24, 2.45) is 0 Å². The molecule has 0 saturated heterocycles. The summed E-state index contributed by atoms with van der Waals surface area (Å²) in [5, 5.41) is 14.9. The van der Waals surface area contributed by atoms with Crippen LogP contribution in [0.15, 0.2) is 17.5 Å². The highest BCUT2D eigenvalue weighted by Gasteiger charge is 2.22. The van der Waals surface area contributed by atoms with E-state index in [4.69, 9.17) is 0 Å². The summed E-state index contributed by atoms with van der Waals surface area (Å²) < 4.78 is 0. The smallest absolute Gasteiger partial charge is 0.0662 e. The molecule has 0 aliphatic heterocycles. The van der Waals surface area contributed by atoms with Crippen LogP contribution in [0.1, 0.15) is 32.6 Å². The second kappa shape index (κ2) is 5.10. The molecule has 2 N–H and O–H groups in total. The fraction of sp³-hybridized carbons (Fsp3) is 0.667. The first-order valence-electron chi connectivity index (χ1n) is 5.39. The first kappa shape index (κ1) is 12.7. The van der Waals surface area contributed by atoms with E-state index in [1.165, 1.54) is 4.88 Å². The molecule has 0 saturated carbocycles. The highest BCUT2D eigenvalue weighted by molar-refractivity contribution is 7.10. The molecule has 2 unspecified atom stereocenters. The Labute approximate surface area is 96.3 Å². The summed E-state index contributed by atoms with van der Waals surface area (Å²) in [6, 6.07) is 4.39. The van der Waals surface area contributed by atoms with E-state index in [1.807, 2.05) is 13.8 Å². The van der Waals surface area contributed by atoms with Crippen molar-refractivity contribution in [2.75, 3.05) is 6.54 Å². The van der Waals surface area contributed by atoms with Gasteiger partial charge in [-0.05, 0) is 25.3 Å². The van der Waals surface area contributed by atoms with Gasteiger partial charge in [-0.1, -0.05) is 19.9 Å². The topological polar surface area (TPSA) is 32.3 Å². The molecule has 1 heterocycles. The van der Waals surface area contributed by atoms with Crippen LogP contribution in [-0.2, 0) is 5.41 Å². The van der Waals surface area contributed by atoms with E-state index in [2.05, 4.69) is 36.7 Å². The van der Waals surface area contributed by atoms with E-state index in [1.54, 1.807) is 11.3 Å². The predicted molar refractivity (Wildman–Crippen MR) is 66.5 cm³/mol. The summed E-state index contributed by atoms with van der Waals surface area (Å²) in [5.74, 6) is 0. The molecule has 1 rings (SSSR count). The molecule has 86 valence electrons. The Kier molecular flexibility index (Phi) is 4.32. The van der Waals surface area contributed by atoms with E-state index < -0.39 is 0 Å². The van der Waals surface area contributed by atoms with Gasteiger partial charge in [0.1, 0.15) is 0 Å². The highest BCUT2D eigenvalue weighted by atomic mass is 32.1. The van der Waals surface area contributed by atoms with Gasteiger partial charge in [0.25, 0.3) is 0 Å². The van der Waals surface area contributed by atoms with Crippen LogP contribution in [0.4, 0.5) is 0 Å². The van der Waals surface area contributed by atoms with Crippen LogP contribution in [0, 0.1) is 0 Å². The molecule has 0 aliphatic carbocycles. The molecule has 1 aromatic rings. The minimum absolute atomic E-state index is 0.136. The normalized spacial score (nSPS) is 16.3. The second-order valence-electron chi connectivity index (χ2n) is 4.77. The fourth-order valence-corrected chi connectivity index (χ4v) is 2.19. The fourth-order valence-electron chi connectivity index (χ4n) is 1.34. The maximum Gasteiger partial charge on any atom is 0.0662 e. The Morgan fingerprint density at radius 2 is 2.13 bits per heavy atom. The summed E-state index contributed by atoms with van der Waals surface area (Å²) in [4.78, 5) is 1.38. The summed E-state index contributed by atoms with van der Waals surface area (Å²) in [6.45, 7) is 9.16. The number of hydrogen-bond acceptors (Lipinski definition) is 3. The van der Waals surface area contributed by atoms with Gasteiger partial charge in [0.2, 0.25) is 0 Å². The molecule has 0 radical (unpaired) electrons. The maximum absolute atomic E-state index is 9.39. The van der Waals surface area contributed by atoms with Crippen molar-refractivity contribution >= 4 is 11.3 Å². The monoisotopic (exact) mass is 227 g/mol. The lowest BCUT2D eigenvalue weighted by Crippen LogP contribution is -2.42. The van der Waals surface area contributed by atoms with Gasteiger partial charge in [-0.15, -0.1) is 11.3 Å². The summed E-state index contributed by atoms with van der Waals surface area (Å²) >= 11 is 1.79. The van der Waals surface area contributed by atoms with Crippen LogP contribution in [0.5, 0.6) is 0 Å². The highest BCUT2D eigenvalue weighted by Crippen LogP contribution is 2.26. The van der Waals surface area contributed by atoms with Crippen LogP contribution in [0.2, 0.25) is 0 Å². The molecule has 1 aromatic heterocycles. The van der Waals surface area contributed by atoms with E-state index in [0.29, 0.717) is 0 Å². The van der Waals surface area contributed by atoms with Crippen LogP contribution < -0.4 is 5.32 Å². The van der Waals surface area contributed by atoms with Crippen molar-refractivity contribution in [2.45, 2.75) is 45.3 Å². The zero-order valence-electron chi connectivity index (χ0n) is 9.95. The first-order valence-corrected chi connectivity index (χ1v) is 6.27. The van der Waals surface area contributed by atoms with Gasteiger partial charge >= 0.3 is 0 Å². The Morgan fingerprint density at radius 3 is 2.60 bits per heavy atom. The van der Waals surface area contributed by atoms with Crippen molar-refractivity contribution in [3.63, 3.8) is 0 Å². The zero-order chi connectivity index (χ0) is 11.5. The van der Waals surface area contributed by atoms with Crippen LogP contribution in [0.3, 0.4) is 0 Å². The molecule has 2 atom stereocenters. The van der Waals surface area contributed by atoms with Crippen LogP contribution in [0.25, 0.3) is 0 Å². The molecule has 3 heteroatoms. The molecular weight excluding hydrogens is 206 g/mol. The van der Waals surface area contributed by atoms with Crippen molar-refractivity contribution in [3.05, 3.63) is 22.4 Å². The van der Waals surface area contributed by atoms with Crippen molar-refractivity contribution in [1.82, 2.24) is 5.32 Å². The third-order valence-corrected chi connectivity index (χ3v) is 4.01. The molecule has 0 aromatic carbocycles. The standard InChI is InChI=1S/C12H21NOS/c1-9(10(2)14)13-8-12(3,4)11-6-5-7-15-11/h5-7,9-10,13-14H,8H2,1-4H3. The summed E-state index contributed by atoms with van der Waals surface area (Å²) in [6.07, 6.45) is -0.302. The zero-order valence-corrected chi connectivity index (χ0v) is 10.8. The summed E-state index contributed by atoms with van der Waals surface area (Å²) in [5.41, 5.74) is 0.136. The molecule has 0 spiro atoms. The van der Waals surface area contributed by atoms with E-state index >= 15 is 0 Å². The van der Waals surface area contributed by atoms with E-state index in [-0.39, 0.29) is 17.6 Å². The van der Waals surface area contributed by atoms with E-state index in [9.17, 15) is 5.11 Å². The Balaban J connectivity index is 2.51. The van der Waals surface area contributed by atoms with Crippen molar-refractivity contribution in [3.8, 4) is 0 Å². The molecule has 0 fully saturated rings. The Hall–Kier alpha value is -0.380. The molecule has 0 aliphatic rings. The number of hydrogen-bond donors (Lipinski definition) is 2. The molecular formula is C12H21NOS. The van der Waals surface area contributed by atoms with Gasteiger partial charge in [0, 0.05) is 22.9 Å². The maximum atomic E-state index is 9.39. The van der Waals surface area contributed by atoms with Gasteiger partial charge in [-0.2, -0.15) is 0 Å². The number of nitrogens with one attached hydrogen (secondary N) is 1. The number of thiophene rings is 1. The predicted octanol–water partition coefficient (Wildman–Crippen LogP) is 2.38. The lowest BCUT2D eigenvalue weighted by atomic mass is 9.91. The molecule has 2 nitrogen and oxygen atoms in total. The Morgan fingerprint density at radius 1 is 1.47 bits per heavy atom. The van der Waals surface area contributed by atoms with Gasteiger partial charge in [-0.25, -0.2) is 0 Å². The third-order valence-electron chi connectivity index (χ3n) is 2.78. The third kappa shape index (κ3) is 3.59. The van der Waals surface area contributed by atoms with Gasteiger partial charge in [-0.3, -0.25) is 0 Å².